The lowest BCUT2D eigenvalue weighted by molar-refractivity contribution is -0.104. The van der Waals surface area contributed by atoms with E-state index in [4.69, 9.17) is 9.84 Å². The Labute approximate surface area is 105 Å². The molecule has 0 aliphatic heterocycles. The number of hydrogen-bond acceptors (Lipinski definition) is 3. The van der Waals surface area contributed by atoms with Gasteiger partial charge >= 0.3 is 0 Å². The standard InChI is InChI=1S/C14H15FO3/c1-2-14(8-3-9-16,18-11-10-17)12-4-6-13(15)7-5-12/h2-9,17H,1,10-11H2/b8-3+. The summed E-state index contributed by atoms with van der Waals surface area (Å²) in [5.74, 6) is -0.363. The third-order valence-corrected chi connectivity index (χ3v) is 2.45. The fourth-order valence-corrected chi connectivity index (χ4v) is 1.58. The third kappa shape index (κ3) is 3.35. The van der Waals surface area contributed by atoms with Crippen LogP contribution < -0.4 is 0 Å². The molecule has 1 aromatic carbocycles. The van der Waals surface area contributed by atoms with E-state index in [0.717, 1.165) is 0 Å². The van der Waals surface area contributed by atoms with Crippen LogP contribution in [-0.2, 0) is 15.1 Å². The maximum absolute atomic E-state index is 12.9. The van der Waals surface area contributed by atoms with Crippen LogP contribution in [0, 0.1) is 5.82 Å². The Morgan fingerprint density at radius 2 is 2.06 bits per heavy atom. The topological polar surface area (TPSA) is 46.5 Å². The monoisotopic (exact) mass is 250 g/mol. The summed E-state index contributed by atoms with van der Waals surface area (Å²) in [6, 6.07) is 5.68. The van der Waals surface area contributed by atoms with Crippen molar-refractivity contribution < 1.29 is 19.0 Å². The van der Waals surface area contributed by atoms with Gasteiger partial charge in [-0.05, 0) is 29.8 Å². The van der Waals surface area contributed by atoms with Gasteiger partial charge in [-0.3, -0.25) is 4.79 Å². The van der Waals surface area contributed by atoms with Crippen LogP contribution in [0.25, 0.3) is 0 Å². The summed E-state index contributed by atoms with van der Waals surface area (Å²) in [4.78, 5) is 10.4. The Bertz CT molecular complexity index is 425. The van der Waals surface area contributed by atoms with Gasteiger partial charge in [0, 0.05) is 0 Å². The molecule has 1 atom stereocenters. The molecule has 0 heterocycles. The number of rotatable bonds is 7. The van der Waals surface area contributed by atoms with Crippen molar-refractivity contribution in [1.29, 1.82) is 0 Å². The van der Waals surface area contributed by atoms with Gasteiger partial charge in [0.1, 0.15) is 17.7 Å². The summed E-state index contributed by atoms with van der Waals surface area (Å²) in [7, 11) is 0. The SMILES string of the molecule is C=CC(/C=C/C=O)(OCCO)c1ccc(F)cc1. The first-order valence-electron chi connectivity index (χ1n) is 5.46. The van der Waals surface area contributed by atoms with E-state index in [2.05, 4.69) is 6.58 Å². The molecule has 18 heavy (non-hydrogen) atoms. The summed E-state index contributed by atoms with van der Waals surface area (Å²) in [6.07, 6.45) is 4.90. The Balaban J connectivity index is 3.15. The molecule has 1 unspecified atom stereocenters. The van der Waals surface area contributed by atoms with Crippen molar-refractivity contribution >= 4 is 6.29 Å². The predicted octanol–water partition coefficient (Wildman–Crippen LogP) is 1.97. The minimum absolute atomic E-state index is 0.0760. The van der Waals surface area contributed by atoms with Gasteiger partial charge in [0.15, 0.2) is 0 Å². The number of carbonyl (C=O) groups is 1. The first-order valence-corrected chi connectivity index (χ1v) is 5.46. The molecule has 1 aromatic rings. The van der Waals surface area contributed by atoms with Crippen LogP contribution in [0.5, 0.6) is 0 Å². The molecule has 0 aliphatic rings. The van der Waals surface area contributed by atoms with E-state index in [9.17, 15) is 9.18 Å². The second kappa shape index (κ2) is 6.83. The second-order valence-corrected chi connectivity index (χ2v) is 3.57. The second-order valence-electron chi connectivity index (χ2n) is 3.57. The Kier molecular flexibility index (Phi) is 5.42. The van der Waals surface area contributed by atoms with E-state index < -0.39 is 5.60 Å². The molecule has 0 radical (unpaired) electrons. The number of aliphatic hydroxyl groups excluding tert-OH is 1. The van der Waals surface area contributed by atoms with Crippen LogP contribution in [0.2, 0.25) is 0 Å². The molecular formula is C14H15FO3. The van der Waals surface area contributed by atoms with Crippen molar-refractivity contribution in [3.63, 3.8) is 0 Å². The van der Waals surface area contributed by atoms with Crippen molar-refractivity contribution in [2.24, 2.45) is 0 Å². The van der Waals surface area contributed by atoms with Gasteiger partial charge in [-0.15, -0.1) is 0 Å². The maximum Gasteiger partial charge on any atom is 0.142 e. The molecule has 0 aliphatic carbocycles. The van der Waals surface area contributed by atoms with Crippen molar-refractivity contribution in [2.75, 3.05) is 13.2 Å². The molecule has 0 fully saturated rings. The highest BCUT2D eigenvalue weighted by atomic mass is 19.1. The van der Waals surface area contributed by atoms with Gasteiger partial charge in [-0.25, -0.2) is 4.39 Å². The van der Waals surface area contributed by atoms with E-state index in [-0.39, 0.29) is 19.0 Å². The molecule has 96 valence electrons. The smallest absolute Gasteiger partial charge is 0.142 e. The van der Waals surface area contributed by atoms with Gasteiger partial charge in [-0.1, -0.05) is 24.8 Å². The first-order chi connectivity index (χ1) is 8.68. The van der Waals surface area contributed by atoms with Crippen molar-refractivity contribution in [3.05, 3.63) is 60.5 Å². The zero-order valence-electron chi connectivity index (χ0n) is 9.88. The van der Waals surface area contributed by atoms with Gasteiger partial charge in [0.2, 0.25) is 0 Å². The molecule has 0 saturated carbocycles. The molecule has 0 spiro atoms. The molecule has 3 nitrogen and oxygen atoms in total. The van der Waals surface area contributed by atoms with E-state index in [1.54, 1.807) is 12.1 Å². The molecule has 4 heteroatoms. The fraction of sp³-hybridized carbons (Fsp3) is 0.214. The molecule has 0 aromatic heterocycles. The Hall–Kier alpha value is -1.78. The predicted molar refractivity (Wildman–Crippen MR) is 66.5 cm³/mol. The van der Waals surface area contributed by atoms with E-state index >= 15 is 0 Å². The molecule has 1 rings (SSSR count). The molecule has 0 bridgehead atoms. The number of ether oxygens (including phenoxy) is 1. The van der Waals surface area contributed by atoms with Crippen LogP contribution in [0.15, 0.2) is 49.1 Å². The van der Waals surface area contributed by atoms with Crippen LogP contribution >= 0.6 is 0 Å². The van der Waals surface area contributed by atoms with Crippen LogP contribution in [0.3, 0.4) is 0 Å². The molecule has 1 N–H and O–H groups in total. The highest BCUT2D eigenvalue weighted by Crippen LogP contribution is 2.29. The summed E-state index contributed by atoms with van der Waals surface area (Å²) >= 11 is 0. The molecular weight excluding hydrogens is 235 g/mol. The van der Waals surface area contributed by atoms with Gasteiger partial charge < -0.3 is 9.84 Å². The van der Waals surface area contributed by atoms with Crippen molar-refractivity contribution in [1.82, 2.24) is 0 Å². The summed E-state index contributed by atoms with van der Waals surface area (Å²) in [6.45, 7) is 3.59. The summed E-state index contributed by atoms with van der Waals surface area (Å²) in [5.41, 5.74) is -0.414. The van der Waals surface area contributed by atoms with Crippen LogP contribution in [0.4, 0.5) is 4.39 Å². The number of hydrogen-bond donors (Lipinski definition) is 1. The average molecular weight is 250 g/mol. The van der Waals surface area contributed by atoms with Gasteiger partial charge in [0.05, 0.1) is 13.2 Å². The average Bonchev–Trinajstić information content (AvgIpc) is 2.41. The minimum Gasteiger partial charge on any atom is -0.394 e. The zero-order chi connectivity index (χ0) is 13.4. The highest BCUT2D eigenvalue weighted by molar-refractivity contribution is 5.65. The highest BCUT2D eigenvalue weighted by Gasteiger charge is 2.26. The van der Waals surface area contributed by atoms with E-state index in [1.807, 2.05) is 0 Å². The number of aldehydes is 1. The van der Waals surface area contributed by atoms with Gasteiger partial charge in [-0.2, -0.15) is 0 Å². The number of halogens is 1. The number of allylic oxidation sites excluding steroid dienone is 1. The van der Waals surface area contributed by atoms with E-state index in [1.165, 1.54) is 30.4 Å². The van der Waals surface area contributed by atoms with Gasteiger partial charge in [0.25, 0.3) is 0 Å². The number of benzene rings is 1. The van der Waals surface area contributed by atoms with Crippen LogP contribution in [-0.4, -0.2) is 24.6 Å². The third-order valence-electron chi connectivity index (χ3n) is 2.45. The lowest BCUT2D eigenvalue weighted by Crippen LogP contribution is -2.26. The Morgan fingerprint density at radius 3 is 2.56 bits per heavy atom. The fourth-order valence-electron chi connectivity index (χ4n) is 1.58. The van der Waals surface area contributed by atoms with Crippen molar-refractivity contribution in [2.45, 2.75) is 5.60 Å². The Morgan fingerprint density at radius 1 is 1.39 bits per heavy atom. The zero-order valence-corrected chi connectivity index (χ0v) is 9.88. The normalized spacial score (nSPS) is 14.3. The van der Waals surface area contributed by atoms with E-state index in [0.29, 0.717) is 11.8 Å². The van der Waals surface area contributed by atoms with Crippen molar-refractivity contribution in [3.8, 4) is 0 Å². The minimum atomic E-state index is -1.04. The molecule has 0 amide bonds. The summed E-state index contributed by atoms with van der Waals surface area (Å²) < 4.78 is 18.4. The first kappa shape index (κ1) is 14.3. The lowest BCUT2D eigenvalue weighted by atomic mass is 9.93. The molecule has 0 saturated heterocycles. The summed E-state index contributed by atoms with van der Waals surface area (Å²) in [5, 5.41) is 8.83. The largest absolute Gasteiger partial charge is 0.394 e. The maximum atomic E-state index is 12.9. The quantitative estimate of drug-likeness (QED) is 0.457. The van der Waals surface area contributed by atoms with Crippen LogP contribution in [0.1, 0.15) is 5.56 Å². The number of aliphatic hydroxyl groups is 1. The lowest BCUT2D eigenvalue weighted by Gasteiger charge is -2.27. The number of carbonyl (C=O) groups excluding carboxylic acids is 1.